The fourth-order valence-corrected chi connectivity index (χ4v) is 11.2. The van der Waals surface area contributed by atoms with Crippen LogP contribution in [-0.4, -0.2) is 47.4 Å². The van der Waals surface area contributed by atoms with E-state index in [-0.39, 0.29) is 18.5 Å². The first-order chi connectivity index (χ1) is 39.0. The number of carbonyl (C=O) groups is 2. The van der Waals surface area contributed by atoms with Crippen LogP contribution in [0.1, 0.15) is 393 Å². The number of allylic oxidation sites excluding steroid dienone is 6. The zero-order chi connectivity index (χ0) is 57.1. The van der Waals surface area contributed by atoms with E-state index in [4.69, 9.17) is 4.74 Å². The quantitative estimate of drug-likeness (QED) is 0.0320. The molecule has 0 aromatic heterocycles. The Kier molecular flexibility index (Phi) is 66.9. The minimum absolute atomic E-state index is 0.00917. The van der Waals surface area contributed by atoms with Crippen LogP contribution in [0.4, 0.5) is 0 Å². The van der Waals surface area contributed by atoms with E-state index in [0.717, 1.165) is 51.4 Å². The second-order valence-corrected chi connectivity index (χ2v) is 24.6. The van der Waals surface area contributed by atoms with Gasteiger partial charge in [0, 0.05) is 12.8 Å². The zero-order valence-corrected chi connectivity index (χ0v) is 53.4. The first kappa shape index (κ1) is 77.1. The highest BCUT2D eigenvalue weighted by Crippen LogP contribution is 2.18. The Bertz CT molecular complexity index is 1280. The number of hydrogen-bond acceptors (Lipinski definition) is 5. The summed E-state index contributed by atoms with van der Waals surface area (Å²) < 4.78 is 5.50. The lowest BCUT2D eigenvalue weighted by atomic mass is 10.0. The van der Waals surface area contributed by atoms with E-state index in [1.165, 1.54) is 308 Å². The molecule has 79 heavy (non-hydrogen) atoms. The van der Waals surface area contributed by atoms with Gasteiger partial charge in [-0.05, 0) is 83.5 Å². The predicted molar refractivity (Wildman–Crippen MR) is 347 cm³/mol. The molecule has 0 radical (unpaired) electrons. The van der Waals surface area contributed by atoms with Crippen LogP contribution in [0.3, 0.4) is 0 Å². The van der Waals surface area contributed by atoms with Gasteiger partial charge in [0.15, 0.2) is 0 Å². The summed E-state index contributed by atoms with van der Waals surface area (Å²) >= 11 is 0. The van der Waals surface area contributed by atoms with Crippen LogP contribution in [0.2, 0.25) is 0 Å². The number of unbranched alkanes of at least 4 members (excludes halogenated alkanes) is 50. The van der Waals surface area contributed by atoms with Gasteiger partial charge in [0.05, 0.1) is 25.4 Å². The minimum atomic E-state index is -0.665. The zero-order valence-electron chi connectivity index (χ0n) is 53.4. The van der Waals surface area contributed by atoms with Gasteiger partial charge in [-0.3, -0.25) is 9.59 Å². The van der Waals surface area contributed by atoms with Crippen LogP contribution >= 0.6 is 0 Å². The maximum absolute atomic E-state index is 12.5. The molecule has 2 atom stereocenters. The molecule has 0 aliphatic heterocycles. The summed E-state index contributed by atoms with van der Waals surface area (Å²) in [6.45, 7) is 4.97. The first-order valence-electron chi connectivity index (χ1n) is 35.7. The molecule has 0 aromatic carbocycles. The molecule has 0 aliphatic carbocycles. The smallest absolute Gasteiger partial charge is 0.305 e. The topological polar surface area (TPSA) is 95.9 Å². The summed E-state index contributed by atoms with van der Waals surface area (Å²) in [5.74, 6) is -0.0241. The Morgan fingerprint density at radius 3 is 0.975 bits per heavy atom. The van der Waals surface area contributed by atoms with Crippen LogP contribution in [-0.2, 0) is 14.3 Å². The van der Waals surface area contributed by atoms with Crippen molar-refractivity contribution in [3.05, 3.63) is 36.5 Å². The second kappa shape index (κ2) is 68.6. The number of amides is 1. The largest absolute Gasteiger partial charge is 0.466 e. The van der Waals surface area contributed by atoms with E-state index in [0.29, 0.717) is 25.9 Å². The standard InChI is InChI=1S/C73H139NO5/c1-3-5-7-9-11-13-15-17-19-34-39-43-47-51-55-59-63-67-73(78)79-68-64-60-56-52-48-44-40-36-33-31-29-27-25-23-21-22-24-26-28-30-32-35-38-42-46-50-54-58-62-66-72(77)74-70(69-75)71(76)65-61-57-53-49-45-41-37-20-18-16-14-12-10-8-6-4-2/h17,19,21,23,27,29,70-71,75-76H,3-16,18,20,22,24-26,28,30-69H2,1-2H3,(H,74,77)/b19-17-,23-21-,29-27-. The highest BCUT2D eigenvalue weighted by Gasteiger charge is 2.20. The van der Waals surface area contributed by atoms with E-state index >= 15 is 0 Å². The number of carbonyl (C=O) groups excluding carboxylic acids is 2. The van der Waals surface area contributed by atoms with Gasteiger partial charge in [0.2, 0.25) is 5.91 Å². The number of esters is 1. The highest BCUT2D eigenvalue weighted by atomic mass is 16.5. The molecule has 6 nitrogen and oxygen atoms in total. The molecule has 3 N–H and O–H groups in total. The predicted octanol–water partition coefficient (Wildman–Crippen LogP) is 23.1. The molecule has 1 amide bonds. The molecule has 0 aromatic rings. The lowest BCUT2D eigenvalue weighted by Gasteiger charge is -2.22. The van der Waals surface area contributed by atoms with Crippen molar-refractivity contribution in [2.45, 2.75) is 405 Å². The Labute approximate surface area is 494 Å². The van der Waals surface area contributed by atoms with Crippen LogP contribution in [0, 0.1) is 0 Å². The lowest BCUT2D eigenvalue weighted by Crippen LogP contribution is -2.45. The van der Waals surface area contributed by atoms with Crippen molar-refractivity contribution in [1.29, 1.82) is 0 Å². The molecule has 2 unspecified atom stereocenters. The normalized spacial score (nSPS) is 12.7. The average Bonchev–Trinajstić information content (AvgIpc) is 3.45. The minimum Gasteiger partial charge on any atom is -0.466 e. The van der Waals surface area contributed by atoms with Gasteiger partial charge in [-0.1, -0.05) is 333 Å². The Hall–Kier alpha value is -1.92. The number of nitrogens with one attached hydrogen (secondary N) is 1. The molecule has 0 aliphatic rings. The molecule has 0 fully saturated rings. The number of aliphatic hydroxyl groups excluding tert-OH is 2. The van der Waals surface area contributed by atoms with E-state index in [1.807, 2.05) is 0 Å². The fraction of sp³-hybridized carbons (Fsp3) is 0.890. The summed E-state index contributed by atoms with van der Waals surface area (Å²) in [5, 5.41) is 23.3. The van der Waals surface area contributed by atoms with Crippen molar-refractivity contribution in [2.24, 2.45) is 0 Å². The third kappa shape index (κ3) is 65.1. The van der Waals surface area contributed by atoms with Gasteiger partial charge in [0.1, 0.15) is 0 Å². The first-order valence-corrected chi connectivity index (χ1v) is 35.7. The molecule has 0 bridgehead atoms. The Balaban J connectivity index is 3.39. The fourth-order valence-electron chi connectivity index (χ4n) is 11.2. The molecular weight excluding hydrogens is 971 g/mol. The number of hydrogen-bond donors (Lipinski definition) is 3. The van der Waals surface area contributed by atoms with Crippen molar-refractivity contribution in [1.82, 2.24) is 5.32 Å². The SMILES string of the molecule is CCCCCCCC/C=C\CCCCCCCCCC(=O)OCCCCCCCCCCC/C=C\C/C=C\CCCCCCCCCCCCCCCC(=O)NC(CO)C(O)CCCCCCCCCCCCCCCCCC. The molecule has 6 heteroatoms. The van der Waals surface area contributed by atoms with E-state index in [9.17, 15) is 19.8 Å². The van der Waals surface area contributed by atoms with E-state index in [2.05, 4.69) is 55.6 Å². The lowest BCUT2D eigenvalue weighted by molar-refractivity contribution is -0.143. The number of rotatable bonds is 67. The summed E-state index contributed by atoms with van der Waals surface area (Å²) in [6.07, 6.45) is 87.6. The van der Waals surface area contributed by atoms with Gasteiger partial charge in [0.25, 0.3) is 0 Å². The third-order valence-corrected chi connectivity index (χ3v) is 16.7. The van der Waals surface area contributed by atoms with E-state index < -0.39 is 12.1 Å². The second-order valence-electron chi connectivity index (χ2n) is 24.6. The van der Waals surface area contributed by atoms with Crippen molar-refractivity contribution >= 4 is 11.9 Å². The van der Waals surface area contributed by atoms with Crippen LogP contribution < -0.4 is 5.32 Å². The van der Waals surface area contributed by atoms with Gasteiger partial charge < -0.3 is 20.3 Å². The monoisotopic (exact) mass is 1110 g/mol. The van der Waals surface area contributed by atoms with Crippen LogP contribution in [0.25, 0.3) is 0 Å². The third-order valence-electron chi connectivity index (χ3n) is 16.7. The van der Waals surface area contributed by atoms with Gasteiger partial charge in [-0.2, -0.15) is 0 Å². The van der Waals surface area contributed by atoms with Gasteiger partial charge in [-0.15, -0.1) is 0 Å². The molecule has 0 heterocycles. The Morgan fingerprint density at radius 1 is 0.354 bits per heavy atom. The Morgan fingerprint density at radius 2 is 0.633 bits per heavy atom. The number of ether oxygens (including phenoxy) is 1. The van der Waals surface area contributed by atoms with Crippen LogP contribution in [0.15, 0.2) is 36.5 Å². The molecule has 466 valence electrons. The van der Waals surface area contributed by atoms with Gasteiger partial charge in [-0.25, -0.2) is 0 Å². The maximum Gasteiger partial charge on any atom is 0.305 e. The molecular formula is C73H139NO5. The highest BCUT2D eigenvalue weighted by molar-refractivity contribution is 5.76. The summed E-state index contributed by atoms with van der Waals surface area (Å²) in [4.78, 5) is 24.6. The van der Waals surface area contributed by atoms with Crippen molar-refractivity contribution in [2.75, 3.05) is 13.2 Å². The number of aliphatic hydroxyl groups is 2. The average molecular weight is 1110 g/mol. The van der Waals surface area contributed by atoms with Crippen molar-refractivity contribution in [3.8, 4) is 0 Å². The van der Waals surface area contributed by atoms with Crippen LogP contribution in [0.5, 0.6) is 0 Å². The van der Waals surface area contributed by atoms with Crippen molar-refractivity contribution < 1.29 is 24.5 Å². The molecule has 0 rings (SSSR count). The molecule has 0 saturated heterocycles. The summed E-state index contributed by atoms with van der Waals surface area (Å²) in [6, 6.07) is -0.543. The van der Waals surface area contributed by atoms with Crippen molar-refractivity contribution in [3.63, 3.8) is 0 Å². The maximum atomic E-state index is 12.5. The summed E-state index contributed by atoms with van der Waals surface area (Å²) in [7, 11) is 0. The molecule has 0 saturated carbocycles. The summed E-state index contributed by atoms with van der Waals surface area (Å²) in [5.41, 5.74) is 0. The van der Waals surface area contributed by atoms with E-state index in [1.54, 1.807) is 0 Å². The van der Waals surface area contributed by atoms with Gasteiger partial charge >= 0.3 is 5.97 Å². The molecule has 0 spiro atoms.